The molecule has 2 aromatic carbocycles. The van der Waals surface area contributed by atoms with Gasteiger partial charge in [0.15, 0.2) is 6.61 Å². The van der Waals surface area contributed by atoms with E-state index in [1.165, 1.54) is 17.8 Å². The standard InChI is InChI=1S/C19H19NO3S2/c1-24-15-10-7-14(8-11-15)9-12-19(22)23-13-18(21)20-16-5-3-4-6-17(16)25-2/h3-12H,13H2,1-2H3,(H,20,21)/b12-9+. The average molecular weight is 373 g/mol. The third-order valence-electron chi connectivity index (χ3n) is 3.25. The lowest BCUT2D eigenvalue weighted by Gasteiger charge is -2.09. The largest absolute Gasteiger partial charge is 0.452 e. The van der Waals surface area contributed by atoms with Crippen molar-refractivity contribution in [2.75, 3.05) is 24.4 Å². The molecule has 0 radical (unpaired) electrons. The molecule has 25 heavy (non-hydrogen) atoms. The Kier molecular flexibility index (Phi) is 7.63. The van der Waals surface area contributed by atoms with Gasteiger partial charge in [0.25, 0.3) is 5.91 Å². The van der Waals surface area contributed by atoms with Crippen molar-refractivity contribution in [1.29, 1.82) is 0 Å². The fraction of sp³-hybridized carbons (Fsp3) is 0.158. The Morgan fingerprint density at radius 1 is 1.04 bits per heavy atom. The quantitative estimate of drug-likeness (QED) is 0.445. The van der Waals surface area contributed by atoms with Crippen LogP contribution in [-0.4, -0.2) is 31.0 Å². The molecule has 130 valence electrons. The van der Waals surface area contributed by atoms with E-state index in [-0.39, 0.29) is 12.5 Å². The maximum Gasteiger partial charge on any atom is 0.331 e. The van der Waals surface area contributed by atoms with E-state index in [9.17, 15) is 9.59 Å². The third-order valence-corrected chi connectivity index (χ3v) is 4.79. The van der Waals surface area contributed by atoms with Gasteiger partial charge < -0.3 is 10.1 Å². The number of benzene rings is 2. The highest BCUT2D eigenvalue weighted by atomic mass is 32.2. The fourth-order valence-electron chi connectivity index (χ4n) is 2.00. The van der Waals surface area contributed by atoms with Gasteiger partial charge in [-0.2, -0.15) is 0 Å². The molecule has 6 heteroatoms. The first-order chi connectivity index (χ1) is 12.1. The lowest BCUT2D eigenvalue weighted by atomic mass is 10.2. The van der Waals surface area contributed by atoms with Crippen LogP contribution in [0.3, 0.4) is 0 Å². The molecule has 2 rings (SSSR count). The molecule has 0 atom stereocenters. The van der Waals surface area contributed by atoms with Crippen LogP contribution >= 0.6 is 23.5 Å². The zero-order valence-corrected chi connectivity index (χ0v) is 15.7. The summed E-state index contributed by atoms with van der Waals surface area (Å²) >= 11 is 3.19. The Bertz CT molecular complexity index is 758. The van der Waals surface area contributed by atoms with Crippen molar-refractivity contribution < 1.29 is 14.3 Å². The molecule has 0 fully saturated rings. The molecule has 0 saturated carbocycles. The molecule has 0 aliphatic rings. The Morgan fingerprint density at radius 3 is 2.44 bits per heavy atom. The van der Waals surface area contributed by atoms with Crippen molar-refractivity contribution in [2.45, 2.75) is 9.79 Å². The molecule has 0 aliphatic carbocycles. The molecule has 0 aromatic heterocycles. The summed E-state index contributed by atoms with van der Waals surface area (Å²) in [6.07, 6.45) is 6.91. The van der Waals surface area contributed by atoms with E-state index < -0.39 is 5.97 Å². The van der Waals surface area contributed by atoms with E-state index in [4.69, 9.17) is 4.74 Å². The summed E-state index contributed by atoms with van der Waals surface area (Å²) in [7, 11) is 0. The zero-order valence-electron chi connectivity index (χ0n) is 14.0. The smallest absolute Gasteiger partial charge is 0.331 e. The summed E-state index contributed by atoms with van der Waals surface area (Å²) in [4.78, 5) is 25.7. The molecule has 4 nitrogen and oxygen atoms in total. The predicted molar refractivity (Wildman–Crippen MR) is 105 cm³/mol. The number of hydrogen-bond donors (Lipinski definition) is 1. The van der Waals surface area contributed by atoms with Crippen LogP contribution in [0, 0.1) is 0 Å². The van der Waals surface area contributed by atoms with E-state index in [0.29, 0.717) is 5.69 Å². The van der Waals surface area contributed by atoms with Crippen LogP contribution in [0.2, 0.25) is 0 Å². The Labute approximate surface area is 156 Å². The Hall–Kier alpha value is -2.18. The Balaban J connectivity index is 1.82. The lowest BCUT2D eigenvalue weighted by Crippen LogP contribution is -2.20. The molecule has 0 heterocycles. The number of esters is 1. The van der Waals surface area contributed by atoms with Crippen LogP contribution in [0.15, 0.2) is 64.4 Å². The normalized spacial score (nSPS) is 10.6. The van der Waals surface area contributed by atoms with Gasteiger partial charge in [-0.25, -0.2) is 4.79 Å². The molecule has 0 aliphatic heterocycles. The molecule has 1 N–H and O–H groups in total. The second-order valence-electron chi connectivity index (χ2n) is 4.96. The lowest BCUT2D eigenvalue weighted by molar-refractivity contribution is -0.142. The summed E-state index contributed by atoms with van der Waals surface area (Å²) in [6, 6.07) is 15.3. The highest BCUT2D eigenvalue weighted by Crippen LogP contribution is 2.24. The van der Waals surface area contributed by atoms with E-state index in [2.05, 4.69) is 5.32 Å². The first-order valence-electron chi connectivity index (χ1n) is 7.54. The van der Waals surface area contributed by atoms with Crippen LogP contribution < -0.4 is 5.32 Å². The van der Waals surface area contributed by atoms with Gasteiger partial charge in [0.1, 0.15) is 0 Å². The minimum Gasteiger partial charge on any atom is -0.452 e. The van der Waals surface area contributed by atoms with Crippen molar-refractivity contribution in [3.63, 3.8) is 0 Å². The monoisotopic (exact) mass is 373 g/mol. The second-order valence-corrected chi connectivity index (χ2v) is 6.69. The van der Waals surface area contributed by atoms with Crippen molar-refractivity contribution in [3.05, 3.63) is 60.2 Å². The van der Waals surface area contributed by atoms with Gasteiger partial charge in [0.2, 0.25) is 0 Å². The number of thioether (sulfide) groups is 2. The zero-order chi connectivity index (χ0) is 18.1. The van der Waals surface area contributed by atoms with Gasteiger partial charge >= 0.3 is 5.97 Å². The molecular weight excluding hydrogens is 354 g/mol. The van der Waals surface area contributed by atoms with Gasteiger partial charge in [-0.05, 0) is 48.4 Å². The number of rotatable bonds is 7. The van der Waals surface area contributed by atoms with Crippen molar-refractivity contribution in [3.8, 4) is 0 Å². The predicted octanol–water partition coefficient (Wildman–Crippen LogP) is 4.33. The summed E-state index contributed by atoms with van der Waals surface area (Å²) in [5.74, 6) is -0.921. The SMILES string of the molecule is CSc1ccc(/C=C/C(=O)OCC(=O)Nc2ccccc2SC)cc1. The molecule has 0 saturated heterocycles. The first-order valence-corrected chi connectivity index (χ1v) is 9.99. The van der Waals surface area contributed by atoms with Crippen LogP contribution in [0.1, 0.15) is 5.56 Å². The average Bonchev–Trinajstić information content (AvgIpc) is 2.65. The minimum absolute atomic E-state index is 0.322. The number of carbonyl (C=O) groups excluding carboxylic acids is 2. The van der Waals surface area contributed by atoms with Gasteiger partial charge in [-0.1, -0.05) is 24.3 Å². The number of ether oxygens (including phenoxy) is 1. The molecular formula is C19H19NO3S2. The van der Waals surface area contributed by atoms with Crippen LogP contribution in [0.5, 0.6) is 0 Å². The van der Waals surface area contributed by atoms with Crippen LogP contribution in [0.25, 0.3) is 6.08 Å². The summed E-state index contributed by atoms with van der Waals surface area (Å²) in [5.41, 5.74) is 1.61. The molecule has 0 unspecified atom stereocenters. The van der Waals surface area contributed by atoms with E-state index in [1.54, 1.807) is 17.8 Å². The molecule has 0 spiro atoms. The topological polar surface area (TPSA) is 55.4 Å². The first kappa shape index (κ1) is 19.1. The van der Waals surface area contributed by atoms with Crippen LogP contribution in [-0.2, 0) is 14.3 Å². The second kappa shape index (κ2) is 9.96. The highest BCUT2D eigenvalue weighted by Gasteiger charge is 2.08. The van der Waals surface area contributed by atoms with Gasteiger partial charge in [-0.15, -0.1) is 23.5 Å². The highest BCUT2D eigenvalue weighted by molar-refractivity contribution is 7.99. The van der Waals surface area contributed by atoms with Gasteiger partial charge in [-0.3, -0.25) is 4.79 Å². The number of nitrogens with one attached hydrogen (secondary N) is 1. The van der Waals surface area contributed by atoms with E-state index >= 15 is 0 Å². The van der Waals surface area contributed by atoms with Crippen LogP contribution in [0.4, 0.5) is 5.69 Å². The van der Waals surface area contributed by atoms with Crippen molar-refractivity contribution in [2.24, 2.45) is 0 Å². The third kappa shape index (κ3) is 6.32. The fourth-order valence-corrected chi connectivity index (χ4v) is 2.96. The summed E-state index contributed by atoms with van der Waals surface area (Å²) in [5, 5.41) is 2.74. The Morgan fingerprint density at radius 2 is 1.76 bits per heavy atom. The van der Waals surface area contributed by atoms with E-state index in [0.717, 1.165) is 15.4 Å². The van der Waals surface area contributed by atoms with Crippen molar-refractivity contribution >= 4 is 47.2 Å². The molecule has 1 amide bonds. The minimum atomic E-state index is -0.553. The molecule has 0 bridgehead atoms. The number of anilines is 1. The summed E-state index contributed by atoms with van der Waals surface area (Å²) in [6.45, 7) is -0.322. The maximum absolute atomic E-state index is 11.9. The van der Waals surface area contributed by atoms with Gasteiger partial charge in [0.05, 0.1) is 5.69 Å². The summed E-state index contributed by atoms with van der Waals surface area (Å²) < 4.78 is 4.97. The van der Waals surface area contributed by atoms with Gasteiger partial charge in [0, 0.05) is 15.9 Å². The van der Waals surface area contributed by atoms with Crippen molar-refractivity contribution in [1.82, 2.24) is 0 Å². The number of para-hydroxylation sites is 1. The maximum atomic E-state index is 11.9. The number of carbonyl (C=O) groups is 2. The number of amides is 1. The molecule has 2 aromatic rings. The van der Waals surface area contributed by atoms with E-state index in [1.807, 2.05) is 61.0 Å². The number of hydrogen-bond acceptors (Lipinski definition) is 5.